The van der Waals surface area contributed by atoms with Crippen molar-refractivity contribution in [2.24, 2.45) is 5.41 Å². The molecule has 2 spiro atoms. The lowest BCUT2D eigenvalue weighted by Gasteiger charge is -2.60. The smallest absolute Gasteiger partial charge is 0.103 e. The number of nitrogens with zero attached hydrogens (tertiary/aromatic N) is 1. The first-order chi connectivity index (χ1) is 8.26. The third kappa shape index (κ3) is 1.23. The zero-order valence-corrected chi connectivity index (χ0v) is 11.3. The number of thioether (sulfide) groups is 1. The molecular weight excluding hydrogens is 230 g/mol. The fourth-order valence-corrected chi connectivity index (χ4v) is 5.30. The standard InChI is InChI=1S/C13H21N3S/c1-16-7-4-12(8-17-9-12)10-11(16)14-5-2-13(10)3-6-15-13/h14-15H,2-9H2,1H3. The number of hydrogen-bond donors (Lipinski definition) is 2. The highest BCUT2D eigenvalue weighted by atomic mass is 32.2. The molecule has 0 aromatic heterocycles. The van der Waals surface area contributed by atoms with E-state index in [1.807, 2.05) is 0 Å². The van der Waals surface area contributed by atoms with E-state index in [2.05, 4.69) is 34.3 Å². The Balaban J connectivity index is 1.84. The highest BCUT2D eigenvalue weighted by Crippen LogP contribution is 2.56. The molecule has 4 aliphatic rings. The van der Waals surface area contributed by atoms with Crippen molar-refractivity contribution < 1.29 is 0 Å². The van der Waals surface area contributed by atoms with Gasteiger partial charge >= 0.3 is 0 Å². The van der Waals surface area contributed by atoms with Gasteiger partial charge in [0.2, 0.25) is 0 Å². The molecule has 0 aromatic carbocycles. The topological polar surface area (TPSA) is 27.3 Å². The van der Waals surface area contributed by atoms with Crippen LogP contribution in [-0.2, 0) is 0 Å². The van der Waals surface area contributed by atoms with Crippen molar-refractivity contribution in [1.82, 2.24) is 15.5 Å². The van der Waals surface area contributed by atoms with Crippen LogP contribution in [0.25, 0.3) is 0 Å². The predicted octanol–water partition coefficient (Wildman–Crippen LogP) is 0.992. The Morgan fingerprint density at radius 1 is 1.18 bits per heavy atom. The molecule has 1 unspecified atom stereocenters. The number of hydrogen-bond acceptors (Lipinski definition) is 4. The molecule has 0 aromatic rings. The minimum atomic E-state index is 0.371. The molecule has 0 aliphatic carbocycles. The molecule has 0 amide bonds. The summed E-state index contributed by atoms with van der Waals surface area (Å²) in [6.45, 7) is 3.57. The van der Waals surface area contributed by atoms with Crippen molar-refractivity contribution in [2.45, 2.75) is 24.8 Å². The van der Waals surface area contributed by atoms with E-state index in [4.69, 9.17) is 0 Å². The van der Waals surface area contributed by atoms with Crippen LogP contribution in [0.2, 0.25) is 0 Å². The maximum Gasteiger partial charge on any atom is 0.103 e. The van der Waals surface area contributed by atoms with Crippen LogP contribution in [0, 0.1) is 5.41 Å². The lowest BCUT2D eigenvalue weighted by atomic mass is 9.62. The van der Waals surface area contributed by atoms with Gasteiger partial charge in [-0.1, -0.05) is 0 Å². The van der Waals surface area contributed by atoms with Crippen molar-refractivity contribution in [2.75, 3.05) is 38.2 Å². The molecule has 0 bridgehead atoms. The second kappa shape index (κ2) is 3.35. The van der Waals surface area contributed by atoms with Gasteiger partial charge in [0.1, 0.15) is 5.82 Å². The van der Waals surface area contributed by atoms with E-state index in [1.54, 1.807) is 5.57 Å². The third-order valence-electron chi connectivity index (χ3n) is 5.17. The molecule has 4 rings (SSSR count). The fraction of sp³-hybridized carbons (Fsp3) is 0.846. The number of fused-ring (bicyclic) bond motifs is 2. The number of nitrogens with one attached hydrogen (secondary N) is 2. The van der Waals surface area contributed by atoms with Gasteiger partial charge in [0.05, 0.1) is 0 Å². The third-order valence-corrected chi connectivity index (χ3v) is 6.68. The maximum absolute atomic E-state index is 3.77. The van der Waals surface area contributed by atoms with Crippen molar-refractivity contribution in [3.05, 3.63) is 11.4 Å². The Hall–Kier alpha value is -0.350. The lowest BCUT2D eigenvalue weighted by molar-refractivity contribution is 0.131. The predicted molar refractivity (Wildman–Crippen MR) is 72.0 cm³/mol. The molecule has 0 radical (unpaired) electrons. The van der Waals surface area contributed by atoms with Gasteiger partial charge in [0.25, 0.3) is 0 Å². The van der Waals surface area contributed by atoms with Gasteiger partial charge < -0.3 is 15.5 Å². The van der Waals surface area contributed by atoms with Crippen LogP contribution < -0.4 is 10.6 Å². The summed E-state index contributed by atoms with van der Waals surface area (Å²) in [7, 11) is 2.25. The Morgan fingerprint density at radius 2 is 1.94 bits per heavy atom. The molecule has 4 heteroatoms. The average molecular weight is 251 g/mol. The maximum atomic E-state index is 3.77. The molecule has 4 heterocycles. The Morgan fingerprint density at radius 3 is 2.53 bits per heavy atom. The summed E-state index contributed by atoms with van der Waals surface area (Å²) < 4.78 is 0. The molecule has 2 saturated heterocycles. The molecule has 1 atom stereocenters. The van der Waals surface area contributed by atoms with Crippen molar-refractivity contribution in [1.29, 1.82) is 0 Å². The van der Waals surface area contributed by atoms with Crippen LogP contribution in [-0.4, -0.2) is 48.6 Å². The van der Waals surface area contributed by atoms with Crippen LogP contribution in [0.4, 0.5) is 0 Å². The average Bonchev–Trinajstić information content (AvgIpc) is 2.25. The zero-order chi connectivity index (χ0) is 11.5. The lowest BCUT2D eigenvalue weighted by Crippen LogP contribution is -2.68. The summed E-state index contributed by atoms with van der Waals surface area (Å²) in [6.07, 6.45) is 4.00. The number of rotatable bonds is 0. The molecular formula is C13H21N3S. The van der Waals surface area contributed by atoms with Crippen molar-refractivity contribution in [3.8, 4) is 0 Å². The summed E-state index contributed by atoms with van der Waals surface area (Å²) in [5.74, 6) is 4.17. The minimum absolute atomic E-state index is 0.371. The molecule has 2 N–H and O–H groups in total. The SMILES string of the molecule is CN1CCC2(CSC2)C2=C1NCCC21CCN1. The van der Waals surface area contributed by atoms with Crippen LogP contribution in [0.1, 0.15) is 19.3 Å². The van der Waals surface area contributed by atoms with Crippen molar-refractivity contribution >= 4 is 11.8 Å². The molecule has 3 nitrogen and oxygen atoms in total. The van der Waals surface area contributed by atoms with E-state index in [0.29, 0.717) is 11.0 Å². The zero-order valence-electron chi connectivity index (χ0n) is 10.5. The highest BCUT2D eigenvalue weighted by molar-refractivity contribution is 8.00. The van der Waals surface area contributed by atoms with E-state index in [-0.39, 0.29) is 0 Å². The quantitative estimate of drug-likeness (QED) is 0.671. The van der Waals surface area contributed by atoms with Gasteiger partial charge in [-0.15, -0.1) is 0 Å². The van der Waals surface area contributed by atoms with E-state index in [1.165, 1.54) is 49.7 Å². The van der Waals surface area contributed by atoms with E-state index in [0.717, 1.165) is 6.54 Å². The molecule has 0 saturated carbocycles. The summed E-state index contributed by atoms with van der Waals surface area (Å²) in [5, 5.41) is 7.44. The van der Waals surface area contributed by atoms with Crippen LogP contribution >= 0.6 is 11.8 Å². The van der Waals surface area contributed by atoms with Crippen LogP contribution in [0.15, 0.2) is 11.4 Å². The van der Waals surface area contributed by atoms with Gasteiger partial charge in [-0.2, -0.15) is 11.8 Å². The van der Waals surface area contributed by atoms with Gasteiger partial charge in [-0.3, -0.25) is 0 Å². The summed E-state index contributed by atoms with van der Waals surface area (Å²) in [5.41, 5.74) is 2.65. The summed E-state index contributed by atoms with van der Waals surface area (Å²) in [4.78, 5) is 2.45. The van der Waals surface area contributed by atoms with Gasteiger partial charge in [0.15, 0.2) is 0 Å². The largest absolute Gasteiger partial charge is 0.372 e. The molecule has 4 aliphatic heterocycles. The van der Waals surface area contributed by atoms with Gasteiger partial charge in [-0.25, -0.2) is 0 Å². The van der Waals surface area contributed by atoms with Gasteiger partial charge in [-0.05, 0) is 31.4 Å². The van der Waals surface area contributed by atoms with E-state index in [9.17, 15) is 0 Å². The molecule has 17 heavy (non-hydrogen) atoms. The van der Waals surface area contributed by atoms with Crippen LogP contribution in [0.5, 0.6) is 0 Å². The fourth-order valence-electron chi connectivity index (χ4n) is 4.03. The second-order valence-electron chi connectivity index (χ2n) is 6.10. The Bertz CT molecular complexity index is 366. The highest BCUT2D eigenvalue weighted by Gasteiger charge is 2.56. The summed E-state index contributed by atoms with van der Waals surface area (Å²) in [6, 6.07) is 0. The van der Waals surface area contributed by atoms with E-state index >= 15 is 0 Å². The molecule has 2 fully saturated rings. The first kappa shape index (κ1) is 10.6. The van der Waals surface area contributed by atoms with Gasteiger partial charge in [0, 0.05) is 42.6 Å². The minimum Gasteiger partial charge on any atom is -0.372 e. The summed E-state index contributed by atoms with van der Waals surface area (Å²) >= 11 is 2.13. The normalized spacial score (nSPS) is 38.5. The first-order valence-corrected chi connectivity index (χ1v) is 7.94. The first-order valence-electron chi connectivity index (χ1n) is 6.79. The van der Waals surface area contributed by atoms with Crippen molar-refractivity contribution in [3.63, 3.8) is 0 Å². The molecule has 94 valence electrons. The Kier molecular flexibility index (Phi) is 2.08. The van der Waals surface area contributed by atoms with Crippen LogP contribution in [0.3, 0.4) is 0 Å². The Labute approximate surface area is 107 Å². The monoisotopic (exact) mass is 251 g/mol. The second-order valence-corrected chi connectivity index (χ2v) is 7.09. The van der Waals surface area contributed by atoms with E-state index < -0.39 is 0 Å².